The van der Waals surface area contributed by atoms with E-state index in [2.05, 4.69) is 5.32 Å². The highest BCUT2D eigenvalue weighted by atomic mass is 16.5. The van der Waals surface area contributed by atoms with Crippen LogP contribution in [0.15, 0.2) is 18.2 Å². The van der Waals surface area contributed by atoms with Crippen LogP contribution in [0.3, 0.4) is 0 Å². The number of carbonyl (C=O) groups is 3. The molecule has 0 aliphatic carbocycles. The Morgan fingerprint density at radius 3 is 2.52 bits per heavy atom. The number of hydrogen-bond donors (Lipinski definition) is 1. The Balaban J connectivity index is 2.45. The van der Waals surface area contributed by atoms with Gasteiger partial charge in [-0.05, 0) is 25.1 Å². The van der Waals surface area contributed by atoms with Crippen LogP contribution < -0.4 is 10.1 Å². The van der Waals surface area contributed by atoms with Gasteiger partial charge in [-0.2, -0.15) is 0 Å². The molecule has 2 rings (SSSR count). The quantitative estimate of drug-likeness (QED) is 0.789. The zero-order valence-electron chi connectivity index (χ0n) is 19.4. The van der Waals surface area contributed by atoms with Crippen LogP contribution in [0.2, 0.25) is 0 Å². The van der Waals surface area contributed by atoms with Gasteiger partial charge in [0.15, 0.2) is 0 Å². The fourth-order valence-corrected chi connectivity index (χ4v) is 3.65. The summed E-state index contributed by atoms with van der Waals surface area (Å²) < 4.78 is 11.7. The molecule has 0 fully saturated rings. The number of ether oxygens (including phenoxy) is 2. The number of nitrogens with zero attached hydrogens (tertiary/aromatic N) is 2. The highest BCUT2D eigenvalue weighted by Gasteiger charge is 2.29. The molecule has 3 amide bonds. The Kier molecular flexibility index (Phi) is 8.86. The number of anilines is 1. The van der Waals surface area contributed by atoms with Crippen molar-refractivity contribution in [3.05, 3.63) is 23.8 Å². The van der Waals surface area contributed by atoms with Crippen molar-refractivity contribution in [1.29, 1.82) is 0 Å². The lowest BCUT2D eigenvalue weighted by Gasteiger charge is -2.36. The second kappa shape index (κ2) is 11.1. The van der Waals surface area contributed by atoms with E-state index in [4.69, 9.17) is 9.47 Å². The number of carbonyl (C=O) groups excluding carboxylic acids is 3. The highest BCUT2D eigenvalue weighted by Crippen LogP contribution is 2.26. The maximum absolute atomic E-state index is 13.2. The van der Waals surface area contributed by atoms with E-state index in [0.29, 0.717) is 42.9 Å². The zero-order chi connectivity index (χ0) is 23.1. The van der Waals surface area contributed by atoms with E-state index in [9.17, 15) is 14.4 Å². The first kappa shape index (κ1) is 24.7. The van der Waals surface area contributed by atoms with Gasteiger partial charge in [-0.25, -0.2) is 0 Å². The van der Waals surface area contributed by atoms with Crippen LogP contribution >= 0.6 is 0 Å². The van der Waals surface area contributed by atoms with Gasteiger partial charge in [-0.3, -0.25) is 14.4 Å². The fraction of sp³-hybridized carbons (Fsp3) is 0.609. The third-order valence-corrected chi connectivity index (χ3v) is 5.67. The topological polar surface area (TPSA) is 88.2 Å². The van der Waals surface area contributed by atoms with Crippen molar-refractivity contribution in [1.82, 2.24) is 9.80 Å². The Morgan fingerprint density at radius 1 is 1.19 bits per heavy atom. The first-order valence-corrected chi connectivity index (χ1v) is 10.9. The summed E-state index contributed by atoms with van der Waals surface area (Å²) in [6, 6.07) is 4.86. The second-order valence-electron chi connectivity index (χ2n) is 8.11. The number of methoxy groups -OCH3 is 1. The van der Waals surface area contributed by atoms with Gasteiger partial charge >= 0.3 is 0 Å². The largest absolute Gasteiger partial charge is 0.491 e. The molecular weight excluding hydrogens is 398 g/mol. The van der Waals surface area contributed by atoms with Crippen LogP contribution in [-0.2, 0) is 14.3 Å². The molecule has 1 aliphatic heterocycles. The van der Waals surface area contributed by atoms with E-state index in [1.807, 2.05) is 25.7 Å². The lowest BCUT2D eigenvalue weighted by Crippen LogP contribution is -2.48. The molecule has 1 N–H and O–H groups in total. The van der Waals surface area contributed by atoms with E-state index < -0.39 is 0 Å². The molecule has 0 saturated carbocycles. The SMILES string of the molecule is CCC(=O)Nc1ccc2c(c1)C(=O)N(C)C[C@@H](OC)[C@@H](C)CN(C(=O)CC)[C@H](C)CO2. The Morgan fingerprint density at radius 2 is 1.90 bits per heavy atom. The summed E-state index contributed by atoms with van der Waals surface area (Å²) in [4.78, 5) is 41.1. The van der Waals surface area contributed by atoms with E-state index in [-0.39, 0.29) is 42.4 Å². The summed E-state index contributed by atoms with van der Waals surface area (Å²) in [6.07, 6.45) is 0.512. The summed E-state index contributed by atoms with van der Waals surface area (Å²) in [6.45, 7) is 8.71. The molecule has 0 aromatic heterocycles. The lowest BCUT2D eigenvalue weighted by atomic mass is 10.0. The van der Waals surface area contributed by atoms with Gasteiger partial charge in [0.05, 0.1) is 17.7 Å². The highest BCUT2D eigenvalue weighted by molar-refractivity contribution is 5.99. The average Bonchev–Trinajstić information content (AvgIpc) is 2.77. The maximum Gasteiger partial charge on any atom is 0.257 e. The number of amides is 3. The van der Waals surface area contributed by atoms with Gasteiger partial charge in [0.1, 0.15) is 12.4 Å². The van der Waals surface area contributed by atoms with Gasteiger partial charge in [0.25, 0.3) is 5.91 Å². The summed E-state index contributed by atoms with van der Waals surface area (Å²) in [5.41, 5.74) is 0.899. The van der Waals surface area contributed by atoms with Crippen LogP contribution in [0.1, 0.15) is 50.9 Å². The molecule has 3 atom stereocenters. The fourth-order valence-electron chi connectivity index (χ4n) is 3.65. The monoisotopic (exact) mass is 433 g/mol. The third-order valence-electron chi connectivity index (χ3n) is 5.67. The van der Waals surface area contributed by atoms with E-state index in [1.54, 1.807) is 44.2 Å². The molecular formula is C23H35N3O5. The van der Waals surface area contributed by atoms with Crippen molar-refractivity contribution in [2.75, 3.05) is 39.2 Å². The predicted octanol–water partition coefficient (Wildman–Crippen LogP) is 2.78. The standard InChI is InChI=1S/C23H35N3O5/c1-7-21(27)24-17-9-10-19-18(11-17)23(29)25(5)13-20(30-6)15(3)12-26(22(28)8-2)16(4)14-31-19/h9-11,15-16,20H,7-8,12-14H2,1-6H3,(H,24,27)/t15-,16+,20+/m0/s1. The van der Waals surface area contributed by atoms with Crippen molar-refractivity contribution < 1.29 is 23.9 Å². The molecule has 31 heavy (non-hydrogen) atoms. The molecule has 0 bridgehead atoms. The summed E-state index contributed by atoms with van der Waals surface area (Å²) in [5.74, 6) is 0.145. The predicted molar refractivity (Wildman–Crippen MR) is 119 cm³/mol. The molecule has 0 saturated heterocycles. The number of nitrogens with one attached hydrogen (secondary N) is 1. The third kappa shape index (κ3) is 6.19. The summed E-state index contributed by atoms with van der Waals surface area (Å²) >= 11 is 0. The number of rotatable bonds is 4. The summed E-state index contributed by atoms with van der Waals surface area (Å²) in [7, 11) is 3.34. The van der Waals surface area contributed by atoms with Crippen LogP contribution in [0.4, 0.5) is 5.69 Å². The molecule has 8 heteroatoms. The van der Waals surface area contributed by atoms with Crippen LogP contribution in [-0.4, -0.2) is 73.5 Å². The molecule has 172 valence electrons. The minimum atomic E-state index is -0.236. The molecule has 1 aromatic carbocycles. The van der Waals surface area contributed by atoms with E-state index in [1.165, 1.54) is 0 Å². The number of fused-ring (bicyclic) bond motifs is 1. The van der Waals surface area contributed by atoms with Crippen molar-refractivity contribution in [3.8, 4) is 5.75 Å². The minimum Gasteiger partial charge on any atom is -0.491 e. The molecule has 1 aliphatic rings. The van der Waals surface area contributed by atoms with E-state index in [0.717, 1.165) is 0 Å². The van der Waals surface area contributed by atoms with Crippen LogP contribution in [0, 0.1) is 5.92 Å². The molecule has 0 spiro atoms. The summed E-state index contributed by atoms with van der Waals surface area (Å²) in [5, 5.41) is 2.79. The van der Waals surface area contributed by atoms with Gasteiger partial charge in [-0.1, -0.05) is 20.8 Å². The molecule has 8 nitrogen and oxygen atoms in total. The van der Waals surface area contributed by atoms with Gasteiger partial charge in [-0.15, -0.1) is 0 Å². The second-order valence-corrected chi connectivity index (χ2v) is 8.11. The number of hydrogen-bond acceptors (Lipinski definition) is 5. The first-order chi connectivity index (χ1) is 14.7. The maximum atomic E-state index is 13.2. The molecule has 0 unspecified atom stereocenters. The van der Waals surface area contributed by atoms with E-state index >= 15 is 0 Å². The zero-order valence-corrected chi connectivity index (χ0v) is 19.4. The normalized spacial score (nSPS) is 22.6. The van der Waals surface area contributed by atoms with Crippen molar-refractivity contribution in [2.45, 2.75) is 52.7 Å². The lowest BCUT2D eigenvalue weighted by molar-refractivity contribution is -0.135. The Bertz CT molecular complexity index is 797. The molecule has 1 aromatic rings. The van der Waals surface area contributed by atoms with Crippen LogP contribution in [0.25, 0.3) is 0 Å². The van der Waals surface area contributed by atoms with Crippen molar-refractivity contribution >= 4 is 23.4 Å². The van der Waals surface area contributed by atoms with Gasteiger partial charge < -0.3 is 24.6 Å². The van der Waals surface area contributed by atoms with Crippen molar-refractivity contribution in [3.63, 3.8) is 0 Å². The molecule has 0 radical (unpaired) electrons. The Labute approximate surface area is 184 Å². The first-order valence-electron chi connectivity index (χ1n) is 10.9. The number of likely N-dealkylation sites (N-methyl/N-ethyl adjacent to an activating group) is 1. The average molecular weight is 434 g/mol. The van der Waals surface area contributed by atoms with Crippen molar-refractivity contribution in [2.24, 2.45) is 5.92 Å². The van der Waals surface area contributed by atoms with Gasteiger partial charge in [0, 0.05) is 51.7 Å². The van der Waals surface area contributed by atoms with Crippen LogP contribution in [0.5, 0.6) is 5.75 Å². The smallest absolute Gasteiger partial charge is 0.257 e. The number of benzene rings is 1. The molecule has 1 heterocycles. The van der Waals surface area contributed by atoms with Gasteiger partial charge in [0.2, 0.25) is 11.8 Å². The minimum absolute atomic E-state index is 0.0206. The Hall–Kier alpha value is -2.61.